The Morgan fingerprint density at radius 2 is 2.11 bits per heavy atom. The van der Waals surface area contributed by atoms with E-state index >= 15 is 0 Å². The maximum absolute atomic E-state index is 12.7. The van der Waals surface area contributed by atoms with Crippen molar-refractivity contribution in [2.45, 2.75) is 58.2 Å². The first-order valence-electron chi connectivity index (χ1n) is 9.64. The number of benzene rings is 1. The van der Waals surface area contributed by atoms with Crippen LogP contribution in [0, 0.1) is 5.92 Å². The first-order valence-corrected chi connectivity index (χ1v) is 9.64. The van der Waals surface area contributed by atoms with E-state index in [-0.39, 0.29) is 23.9 Å². The Morgan fingerprint density at radius 3 is 2.81 bits per heavy atom. The largest absolute Gasteiger partial charge is 0.342 e. The molecule has 2 heterocycles. The molecule has 0 bridgehead atoms. The number of rotatable bonds is 5. The molecular weight excluding hydrogens is 344 g/mol. The Kier molecular flexibility index (Phi) is 5.68. The Balaban J connectivity index is 1.59. The number of nitrogens with one attached hydrogen (secondary N) is 3. The van der Waals surface area contributed by atoms with Crippen LogP contribution < -0.4 is 16.0 Å². The summed E-state index contributed by atoms with van der Waals surface area (Å²) in [5, 5.41) is 8.56. The van der Waals surface area contributed by atoms with Gasteiger partial charge in [-0.2, -0.15) is 0 Å². The third-order valence-electron chi connectivity index (χ3n) is 5.14. The van der Waals surface area contributed by atoms with Crippen LogP contribution in [-0.2, 0) is 16.0 Å². The molecular formula is C20H28N4O3. The van der Waals surface area contributed by atoms with Gasteiger partial charge in [0.2, 0.25) is 11.8 Å². The lowest BCUT2D eigenvalue weighted by atomic mass is 9.99. The van der Waals surface area contributed by atoms with E-state index in [1.807, 2.05) is 38.1 Å². The van der Waals surface area contributed by atoms with Gasteiger partial charge in [-0.3, -0.25) is 9.59 Å². The number of amides is 4. The zero-order chi connectivity index (χ0) is 19.6. The molecule has 3 rings (SSSR count). The molecule has 146 valence electrons. The summed E-state index contributed by atoms with van der Waals surface area (Å²) in [5.41, 5.74) is 1.87. The summed E-state index contributed by atoms with van der Waals surface area (Å²) in [5.74, 6) is 0.145. The van der Waals surface area contributed by atoms with Crippen LogP contribution in [0.1, 0.15) is 39.2 Å². The van der Waals surface area contributed by atoms with Crippen molar-refractivity contribution in [1.29, 1.82) is 0 Å². The van der Waals surface area contributed by atoms with Gasteiger partial charge in [0.15, 0.2) is 0 Å². The number of anilines is 1. The predicted octanol–water partition coefficient (Wildman–Crippen LogP) is 1.88. The maximum atomic E-state index is 12.7. The zero-order valence-corrected chi connectivity index (χ0v) is 16.1. The van der Waals surface area contributed by atoms with Gasteiger partial charge in [0.25, 0.3) is 0 Å². The minimum absolute atomic E-state index is 0.0475. The van der Waals surface area contributed by atoms with Crippen molar-refractivity contribution >= 4 is 23.5 Å². The summed E-state index contributed by atoms with van der Waals surface area (Å²) >= 11 is 0. The van der Waals surface area contributed by atoms with Gasteiger partial charge in [0.05, 0.1) is 6.04 Å². The molecule has 0 unspecified atom stereocenters. The Hall–Kier alpha value is -2.57. The zero-order valence-electron chi connectivity index (χ0n) is 16.1. The standard InChI is InChI=1S/C20H28N4O3/c1-4-13-6-5-7-14(9-13)21-20(27)22-15-10-17-18(25)23-16(8-12(2)3)19(26)24(17)11-15/h5-7,9,12,15-17H,4,8,10-11H2,1-3H3,(H,23,25)(H2,21,22,27)/t15-,16+,17-/m0/s1. The third-order valence-corrected chi connectivity index (χ3v) is 5.14. The van der Waals surface area contributed by atoms with Crippen LogP contribution >= 0.6 is 0 Å². The first kappa shape index (κ1) is 19.2. The van der Waals surface area contributed by atoms with Crippen LogP contribution in [-0.4, -0.2) is 47.4 Å². The SMILES string of the molecule is CCc1cccc(NC(=O)N[C@H]2C[C@H]3C(=O)N[C@H](CC(C)C)C(=O)N3C2)c1. The molecule has 2 aliphatic heterocycles. The van der Waals surface area contributed by atoms with Gasteiger partial charge in [0, 0.05) is 12.2 Å². The van der Waals surface area contributed by atoms with E-state index in [1.54, 1.807) is 4.90 Å². The van der Waals surface area contributed by atoms with Gasteiger partial charge in [-0.05, 0) is 42.9 Å². The van der Waals surface area contributed by atoms with Gasteiger partial charge in [-0.15, -0.1) is 0 Å². The summed E-state index contributed by atoms with van der Waals surface area (Å²) in [4.78, 5) is 39.0. The second-order valence-electron chi connectivity index (χ2n) is 7.78. The molecule has 4 amide bonds. The van der Waals surface area contributed by atoms with Crippen molar-refractivity contribution in [2.75, 3.05) is 11.9 Å². The highest BCUT2D eigenvalue weighted by Gasteiger charge is 2.46. The highest BCUT2D eigenvalue weighted by atomic mass is 16.2. The Labute approximate surface area is 159 Å². The van der Waals surface area contributed by atoms with Crippen molar-refractivity contribution in [3.8, 4) is 0 Å². The molecule has 3 N–H and O–H groups in total. The average molecular weight is 372 g/mol. The van der Waals surface area contributed by atoms with Crippen LogP contribution in [0.15, 0.2) is 24.3 Å². The molecule has 3 atom stereocenters. The first-order chi connectivity index (χ1) is 12.9. The number of urea groups is 1. The fourth-order valence-electron chi connectivity index (χ4n) is 3.82. The molecule has 2 fully saturated rings. The lowest BCUT2D eigenvalue weighted by molar-refractivity contribution is -0.147. The fraction of sp³-hybridized carbons (Fsp3) is 0.550. The normalized spacial score (nSPS) is 24.6. The molecule has 7 nitrogen and oxygen atoms in total. The summed E-state index contributed by atoms with van der Waals surface area (Å²) in [6.45, 7) is 6.48. The molecule has 27 heavy (non-hydrogen) atoms. The maximum Gasteiger partial charge on any atom is 0.319 e. The summed E-state index contributed by atoms with van der Waals surface area (Å²) in [7, 11) is 0. The number of nitrogens with zero attached hydrogens (tertiary/aromatic N) is 1. The number of hydrogen-bond acceptors (Lipinski definition) is 3. The van der Waals surface area contributed by atoms with E-state index in [0.29, 0.717) is 25.3 Å². The van der Waals surface area contributed by atoms with Gasteiger partial charge >= 0.3 is 6.03 Å². The molecule has 0 radical (unpaired) electrons. The van der Waals surface area contributed by atoms with Gasteiger partial charge < -0.3 is 20.9 Å². The van der Waals surface area contributed by atoms with Crippen LogP contribution in [0.4, 0.5) is 10.5 Å². The van der Waals surface area contributed by atoms with E-state index in [9.17, 15) is 14.4 Å². The van der Waals surface area contributed by atoms with Gasteiger partial charge in [-0.1, -0.05) is 32.9 Å². The number of carbonyl (C=O) groups excluding carboxylic acids is 3. The summed E-state index contributed by atoms with van der Waals surface area (Å²) in [6.07, 6.45) is 1.96. The number of carbonyl (C=O) groups is 3. The molecule has 0 aliphatic carbocycles. The molecule has 1 aromatic rings. The quantitative estimate of drug-likeness (QED) is 0.737. The Morgan fingerprint density at radius 1 is 1.33 bits per heavy atom. The van der Waals surface area contributed by atoms with Crippen molar-refractivity contribution in [3.05, 3.63) is 29.8 Å². The highest BCUT2D eigenvalue weighted by molar-refractivity contribution is 5.98. The van der Waals surface area contributed by atoms with Crippen LogP contribution in [0.25, 0.3) is 0 Å². The van der Waals surface area contributed by atoms with Crippen molar-refractivity contribution in [3.63, 3.8) is 0 Å². The molecule has 0 spiro atoms. The molecule has 7 heteroatoms. The Bertz CT molecular complexity index is 734. The van der Waals surface area contributed by atoms with Crippen molar-refractivity contribution < 1.29 is 14.4 Å². The minimum atomic E-state index is -0.491. The number of hydrogen-bond donors (Lipinski definition) is 3. The monoisotopic (exact) mass is 372 g/mol. The lowest BCUT2D eigenvalue weighted by Crippen LogP contribution is -2.61. The molecule has 1 aromatic carbocycles. The van der Waals surface area contributed by atoms with E-state index in [0.717, 1.165) is 17.7 Å². The molecule has 2 aliphatic rings. The van der Waals surface area contributed by atoms with Gasteiger partial charge in [0.1, 0.15) is 12.1 Å². The fourth-order valence-corrected chi connectivity index (χ4v) is 3.82. The average Bonchev–Trinajstić information content (AvgIpc) is 3.03. The van der Waals surface area contributed by atoms with E-state index in [2.05, 4.69) is 22.9 Å². The van der Waals surface area contributed by atoms with Crippen LogP contribution in [0.2, 0.25) is 0 Å². The summed E-state index contributed by atoms with van der Waals surface area (Å²) < 4.78 is 0. The minimum Gasteiger partial charge on any atom is -0.342 e. The van der Waals surface area contributed by atoms with Crippen molar-refractivity contribution in [1.82, 2.24) is 15.5 Å². The smallest absolute Gasteiger partial charge is 0.319 e. The highest BCUT2D eigenvalue weighted by Crippen LogP contribution is 2.25. The molecule has 2 saturated heterocycles. The second-order valence-corrected chi connectivity index (χ2v) is 7.78. The number of fused-ring (bicyclic) bond motifs is 1. The summed E-state index contributed by atoms with van der Waals surface area (Å²) in [6, 6.07) is 6.18. The van der Waals surface area contributed by atoms with Crippen molar-refractivity contribution in [2.24, 2.45) is 5.92 Å². The molecule has 0 saturated carbocycles. The number of piperazine rings is 1. The lowest BCUT2D eigenvalue weighted by Gasteiger charge is -2.35. The topological polar surface area (TPSA) is 90.5 Å². The number of aryl methyl sites for hydroxylation is 1. The second kappa shape index (κ2) is 7.98. The van der Waals surface area contributed by atoms with Gasteiger partial charge in [-0.25, -0.2) is 4.79 Å². The van der Waals surface area contributed by atoms with Crippen LogP contribution in [0.5, 0.6) is 0 Å². The third kappa shape index (κ3) is 4.40. The van der Waals surface area contributed by atoms with E-state index in [1.165, 1.54) is 0 Å². The van der Waals surface area contributed by atoms with Crippen LogP contribution in [0.3, 0.4) is 0 Å². The van der Waals surface area contributed by atoms with E-state index < -0.39 is 12.1 Å². The van der Waals surface area contributed by atoms with E-state index in [4.69, 9.17) is 0 Å². The molecule has 0 aromatic heterocycles. The predicted molar refractivity (Wildman–Crippen MR) is 103 cm³/mol.